The van der Waals surface area contributed by atoms with Crippen LogP contribution in [0.1, 0.15) is 17.3 Å². The summed E-state index contributed by atoms with van der Waals surface area (Å²) in [6.07, 6.45) is 2.01. The molecule has 2 aromatic rings. The topological polar surface area (TPSA) is 38.3 Å². The van der Waals surface area contributed by atoms with Crippen molar-refractivity contribution in [3.05, 3.63) is 54.1 Å². The van der Waals surface area contributed by atoms with Crippen LogP contribution in [0.2, 0.25) is 0 Å². The molecular weight excluding hydrogens is 270 g/mol. The lowest BCUT2D eigenvalue weighted by Crippen LogP contribution is -2.11. The summed E-state index contributed by atoms with van der Waals surface area (Å²) in [7, 11) is 0. The molecule has 2 rings (SSSR count). The lowest BCUT2D eigenvalue weighted by molar-refractivity contribution is 0.102. The number of thioether (sulfide) groups is 1. The fraction of sp³-hybridized carbons (Fsp3) is 0.188. The minimum Gasteiger partial charge on any atom is -0.494 e. The third-order valence-electron chi connectivity index (χ3n) is 2.78. The Morgan fingerprint density at radius 1 is 1.10 bits per heavy atom. The van der Waals surface area contributed by atoms with Crippen molar-refractivity contribution in [1.29, 1.82) is 0 Å². The molecule has 0 unspecified atom stereocenters. The summed E-state index contributed by atoms with van der Waals surface area (Å²) in [6, 6.07) is 14.9. The standard InChI is InChI=1S/C16H17NO2S/c1-3-19-14-8-6-13(7-9-14)17-16(18)12-4-10-15(20-2)11-5-12/h4-11H,3H2,1-2H3,(H,17,18). The van der Waals surface area contributed by atoms with Gasteiger partial charge in [0.1, 0.15) is 5.75 Å². The van der Waals surface area contributed by atoms with E-state index in [0.29, 0.717) is 12.2 Å². The Kier molecular flexibility index (Phi) is 5.07. The van der Waals surface area contributed by atoms with E-state index in [1.807, 2.05) is 61.7 Å². The van der Waals surface area contributed by atoms with E-state index in [-0.39, 0.29) is 5.91 Å². The Morgan fingerprint density at radius 2 is 1.75 bits per heavy atom. The maximum atomic E-state index is 12.1. The second-order valence-electron chi connectivity index (χ2n) is 4.14. The third-order valence-corrected chi connectivity index (χ3v) is 3.52. The van der Waals surface area contributed by atoms with E-state index in [2.05, 4.69) is 5.32 Å². The molecule has 4 heteroatoms. The number of ether oxygens (including phenoxy) is 1. The Balaban J connectivity index is 2.02. The number of benzene rings is 2. The molecule has 0 saturated heterocycles. The normalized spacial score (nSPS) is 10.1. The fourth-order valence-electron chi connectivity index (χ4n) is 1.75. The Labute approximate surface area is 123 Å². The molecule has 0 bridgehead atoms. The molecule has 0 aliphatic carbocycles. The van der Waals surface area contributed by atoms with Crippen LogP contribution in [0.3, 0.4) is 0 Å². The van der Waals surface area contributed by atoms with Crippen molar-refractivity contribution in [2.24, 2.45) is 0 Å². The first kappa shape index (κ1) is 14.5. The van der Waals surface area contributed by atoms with Crippen LogP contribution in [0, 0.1) is 0 Å². The van der Waals surface area contributed by atoms with E-state index in [0.717, 1.165) is 16.3 Å². The van der Waals surface area contributed by atoms with Gasteiger partial charge in [-0.05, 0) is 61.7 Å². The van der Waals surface area contributed by atoms with Gasteiger partial charge in [0, 0.05) is 16.1 Å². The number of amides is 1. The van der Waals surface area contributed by atoms with E-state index in [1.54, 1.807) is 11.8 Å². The van der Waals surface area contributed by atoms with Crippen LogP contribution >= 0.6 is 11.8 Å². The molecule has 104 valence electrons. The summed E-state index contributed by atoms with van der Waals surface area (Å²) in [6.45, 7) is 2.57. The van der Waals surface area contributed by atoms with Gasteiger partial charge in [0.05, 0.1) is 6.61 Å². The molecular formula is C16H17NO2S. The zero-order valence-corrected chi connectivity index (χ0v) is 12.4. The molecule has 20 heavy (non-hydrogen) atoms. The fourth-order valence-corrected chi connectivity index (χ4v) is 2.16. The van der Waals surface area contributed by atoms with E-state index in [1.165, 1.54) is 0 Å². The number of rotatable bonds is 5. The van der Waals surface area contributed by atoms with Crippen molar-refractivity contribution < 1.29 is 9.53 Å². The Bertz CT molecular complexity index is 564. The van der Waals surface area contributed by atoms with Crippen LogP contribution in [-0.4, -0.2) is 18.8 Å². The predicted octanol–water partition coefficient (Wildman–Crippen LogP) is 4.06. The van der Waals surface area contributed by atoms with Crippen LogP contribution in [0.25, 0.3) is 0 Å². The first-order valence-electron chi connectivity index (χ1n) is 6.41. The van der Waals surface area contributed by atoms with Crippen LogP contribution < -0.4 is 10.1 Å². The highest BCUT2D eigenvalue weighted by Crippen LogP contribution is 2.18. The third kappa shape index (κ3) is 3.78. The molecule has 0 spiro atoms. The predicted molar refractivity (Wildman–Crippen MR) is 83.8 cm³/mol. The van der Waals surface area contributed by atoms with Crippen LogP contribution in [0.5, 0.6) is 5.75 Å². The van der Waals surface area contributed by atoms with E-state index < -0.39 is 0 Å². The lowest BCUT2D eigenvalue weighted by atomic mass is 10.2. The number of anilines is 1. The van der Waals surface area contributed by atoms with Crippen molar-refractivity contribution in [1.82, 2.24) is 0 Å². The van der Waals surface area contributed by atoms with Crippen LogP contribution in [-0.2, 0) is 0 Å². The molecule has 0 aromatic heterocycles. The Morgan fingerprint density at radius 3 is 2.30 bits per heavy atom. The minimum absolute atomic E-state index is 0.109. The molecule has 0 radical (unpaired) electrons. The van der Waals surface area contributed by atoms with Gasteiger partial charge in [0.25, 0.3) is 5.91 Å². The van der Waals surface area contributed by atoms with Gasteiger partial charge in [0.2, 0.25) is 0 Å². The minimum atomic E-state index is -0.109. The van der Waals surface area contributed by atoms with Crippen molar-refractivity contribution in [3.63, 3.8) is 0 Å². The molecule has 0 heterocycles. The van der Waals surface area contributed by atoms with Gasteiger partial charge in [0.15, 0.2) is 0 Å². The van der Waals surface area contributed by atoms with E-state index >= 15 is 0 Å². The Hall–Kier alpha value is -1.94. The summed E-state index contributed by atoms with van der Waals surface area (Å²) < 4.78 is 5.36. The monoisotopic (exact) mass is 287 g/mol. The molecule has 0 aliphatic heterocycles. The summed E-state index contributed by atoms with van der Waals surface area (Å²) in [5.41, 5.74) is 1.41. The van der Waals surface area contributed by atoms with Gasteiger partial charge in [-0.2, -0.15) is 0 Å². The lowest BCUT2D eigenvalue weighted by Gasteiger charge is -2.07. The first-order valence-corrected chi connectivity index (χ1v) is 7.63. The van der Waals surface area contributed by atoms with Gasteiger partial charge in [-0.25, -0.2) is 0 Å². The van der Waals surface area contributed by atoms with Crippen molar-refractivity contribution >= 4 is 23.4 Å². The van der Waals surface area contributed by atoms with Gasteiger partial charge in [-0.1, -0.05) is 0 Å². The number of carbonyl (C=O) groups excluding carboxylic acids is 1. The molecule has 1 N–H and O–H groups in total. The van der Waals surface area contributed by atoms with Gasteiger partial charge in [-0.3, -0.25) is 4.79 Å². The average Bonchev–Trinajstić information content (AvgIpc) is 2.49. The molecule has 3 nitrogen and oxygen atoms in total. The molecule has 0 aliphatic rings. The number of hydrogen-bond acceptors (Lipinski definition) is 3. The number of nitrogens with one attached hydrogen (secondary N) is 1. The average molecular weight is 287 g/mol. The quantitative estimate of drug-likeness (QED) is 0.843. The molecule has 2 aromatic carbocycles. The molecule has 0 fully saturated rings. The molecule has 0 atom stereocenters. The maximum absolute atomic E-state index is 12.1. The zero-order chi connectivity index (χ0) is 14.4. The smallest absolute Gasteiger partial charge is 0.255 e. The van der Waals surface area contributed by atoms with Crippen molar-refractivity contribution in [2.75, 3.05) is 18.2 Å². The van der Waals surface area contributed by atoms with Crippen molar-refractivity contribution in [3.8, 4) is 5.75 Å². The highest BCUT2D eigenvalue weighted by Gasteiger charge is 2.06. The largest absolute Gasteiger partial charge is 0.494 e. The summed E-state index contributed by atoms with van der Waals surface area (Å²) in [5, 5.41) is 2.86. The van der Waals surface area contributed by atoms with Gasteiger partial charge >= 0.3 is 0 Å². The summed E-state index contributed by atoms with van der Waals surface area (Å²) in [5.74, 6) is 0.691. The molecule has 1 amide bonds. The second kappa shape index (κ2) is 7.01. The summed E-state index contributed by atoms with van der Waals surface area (Å²) >= 11 is 1.65. The SMILES string of the molecule is CCOc1ccc(NC(=O)c2ccc(SC)cc2)cc1. The first-order chi connectivity index (χ1) is 9.72. The maximum Gasteiger partial charge on any atom is 0.255 e. The second-order valence-corrected chi connectivity index (χ2v) is 5.02. The zero-order valence-electron chi connectivity index (χ0n) is 11.6. The molecule has 0 saturated carbocycles. The number of hydrogen-bond donors (Lipinski definition) is 1. The van der Waals surface area contributed by atoms with Crippen LogP contribution in [0.15, 0.2) is 53.4 Å². The number of carbonyl (C=O) groups is 1. The van der Waals surface area contributed by atoms with Crippen molar-refractivity contribution in [2.45, 2.75) is 11.8 Å². The highest BCUT2D eigenvalue weighted by molar-refractivity contribution is 7.98. The van der Waals surface area contributed by atoms with Gasteiger partial charge < -0.3 is 10.1 Å². The summed E-state index contributed by atoms with van der Waals surface area (Å²) in [4.78, 5) is 13.2. The van der Waals surface area contributed by atoms with E-state index in [4.69, 9.17) is 4.74 Å². The van der Waals surface area contributed by atoms with Gasteiger partial charge in [-0.15, -0.1) is 11.8 Å². The highest BCUT2D eigenvalue weighted by atomic mass is 32.2. The van der Waals surface area contributed by atoms with E-state index in [9.17, 15) is 4.79 Å². The van der Waals surface area contributed by atoms with Crippen LogP contribution in [0.4, 0.5) is 5.69 Å².